The number of allylic oxidation sites excluding steroid dienone is 1. The van der Waals surface area contributed by atoms with Crippen LogP contribution in [0.25, 0.3) is 16.5 Å². The van der Waals surface area contributed by atoms with Crippen LogP contribution >= 0.6 is 0 Å². The van der Waals surface area contributed by atoms with Crippen molar-refractivity contribution in [3.63, 3.8) is 0 Å². The molecule has 0 bridgehead atoms. The highest BCUT2D eigenvalue weighted by Crippen LogP contribution is 2.49. The maximum Gasteiger partial charge on any atom is 0.454 e. The molecule has 0 aromatic heterocycles. The molecule has 2 aromatic rings. The van der Waals surface area contributed by atoms with Crippen molar-refractivity contribution in [2.45, 2.75) is 69.2 Å². The van der Waals surface area contributed by atoms with Crippen molar-refractivity contribution >= 4 is 45.4 Å². The fourth-order valence-electron chi connectivity index (χ4n) is 4.88. The number of aliphatic hydroxyl groups excluding tert-OH is 1. The lowest BCUT2D eigenvalue weighted by Gasteiger charge is -2.57. The van der Waals surface area contributed by atoms with Crippen LogP contribution in [0.2, 0.25) is 0 Å². The molecule has 1 fully saturated rings. The van der Waals surface area contributed by atoms with Gasteiger partial charge in [-0.25, -0.2) is 0 Å². The molecule has 14 heteroatoms. The highest BCUT2D eigenvalue weighted by Gasteiger charge is 2.80. The first-order valence-electron chi connectivity index (χ1n) is 12.3. The van der Waals surface area contributed by atoms with Gasteiger partial charge in [0.25, 0.3) is 5.78 Å². The van der Waals surface area contributed by atoms with Crippen LogP contribution in [0.4, 0.5) is 13.2 Å². The number of carbonyl (C=O) groups is 5. The van der Waals surface area contributed by atoms with E-state index >= 15 is 0 Å². The highest BCUT2D eigenvalue weighted by atomic mass is 19.4. The Morgan fingerprint density at radius 3 is 1.90 bits per heavy atom. The Bertz CT molecular complexity index is 1500. The smallest absolute Gasteiger partial charge is 0.454 e. The van der Waals surface area contributed by atoms with E-state index in [4.69, 9.17) is 9.47 Å². The molecule has 42 heavy (non-hydrogen) atoms. The lowest BCUT2D eigenvalue weighted by molar-refractivity contribution is -0.362. The first kappa shape index (κ1) is 32.7. The topological polar surface area (TPSA) is 185 Å². The lowest BCUT2D eigenvalue weighted by Crippen LogP contribution is -2.87. The molecule has 1 heterocycles. The van der Waals surface area contributed by atoms with Gasteiger partial charge in [0.1, 0.15) is 18.0 Å². The molecule has 0 amide bonds. The molecule has 1 unspecified atom stereocenters. The minimum atomic E-state index is -5.43. The van der Waals surface area contributed by atoms with Gasteiger partial charge < -0.3 is 29.9 Å². The summed E-state index contributed by atoms with van der Waals surface area (Å²) in [6.07, 6.45) is -13.4. The summed E-state index contributed by atoms with van der Waals surface area (Å²) in [4.78, 5) is 62.6. The second kappa shape index (κ2) is 11.1. The van der Waals surface area contributed by atoms with Gasteiger partial charge >= 0.3 is 6.18 Å². The Hall–Kier alpha value is -3.82. The number of Topliss-reactive ketones (excluding diaryl/α,β-unsaturated/α-hetero) is 4. The summed E-state index contributed by atoms with van der Waals surface area (Å²) in [6.45, 7) is 2.50. The molecule has 0 saturated carbocycles. The zero-order chi connectivity index (χ0) is 32.0. The van der Waals surface area contributed by atoms with Crippen molar-refractivity contribution in [3.05, 3.63) is 54.1 Å². The van der Waals surface area contributed by atoms with Gasteiger partial charge in [-0.1, -0.05) is 36.4 Å². The second-order valence-corrected chi connectivity index (χ2v) is 9.91. The van der Waals surface area contributed by atoms with Crippen molar-refractivity contribution in [1.82, 2.24) is 0 Å². The Morgan fingerprint density at radius 1 is 0.881 bits per heavy atom. The minimum absolute atomic E-state index is 0.0526. The van der Waals surface area contributed by atoms with Crippen LogP contribution in [0.15, 0.2) is 48.5 Å². The number of fused-ring (bicyclic) bond motifs is 1. The largest absolute Gasteiger partial charge is 0.460 e. The Morgan fingerprint density at radius 2 is 1.43 bits per heavy atom. The molecule has 11 nitrogen and oxygen atoms in total. The first-order valence-corrected chi connectivity index (χ1v) is 12.3. The van der Waals surface area contributed by atoms with E-state index in [1.165, 1.54) is 18.2 Å². The molecule has 0 aliphatic carbocycles. The fourth-order valence-corrected chi connectivity index (χ4v) is 4.88. The summed E-state index contributed by atoms with van der Waals surface area (Å²) in [5.41, 5.74) is -11.6. The molecule has 0 radical (unpaired) electrons. The number of halogens is 3. The fraction of sp³-hybridized carbons (Fsp3) is 0.393. The number of ether oxygens (including phenoxy) is 2. The van der Waals surface area contributed by atoms with E-state index in [1.807, 2.05) is 0 Å². The van der Waals surface area contributed by atoms with Crippen molar-refractivity contribution in [2.75, 3.05) is 0 Å². The van der Waals surface area contributed by atoms with Gasteiger partial charge in [-0.2, -0.15) is 13.2 Å². The summed E-state index contributed by atoms with van der Waals surface area (Å²) in [5, 5.41) is 46.2. The first-order chi connectivity index (χ1) is 19.2. The van der Waals surface area contributed by atoms with E-state index in [9.17, 15) is 57.6 Å². The van der Waals surface area contributed by atoms with Gasteiger partial charge in [-0.3, -0.25) is 24.0 Å². The Kier molecular flexibility index (Phi) is 8.65. The van der Waals surface area contributed by atoms with Crippen LogP contribution in [0, 0.1) is 0 Å². The lowest BCUT2D eigenvalue weighted by atomic mass is 9.60. The van der Waals surface area contributed by atoms with Gasteiger partial charge in [0.15, 0.2) is 28.7 Å². The Balaban J connectivity index is 2.35. The Labute approximate surface area is 236 Å². The number of alkyl halides is 3. The standard InChI is InChI=1S/C28H27F3O11/c1-13(32)22(37)23-25(38,14(2)33)27(40,16(4)35)26(39,15(3)34)24(42-23)41-20(12-21(36)28(29,30)31)19-10-9-17-7-5-6-8-18(17)11-19/h5-12,22-24,37-40H,1-4H3/t22?,23-,24-,25+,26+,27+/m1/s1. The molecule has 3 rings (SSSR count). The number of hydrogen-bond donors (Lipinski definition) is 4. The van der Waals surface area contributed by atoms with Crippen molar-refractivity contribution in [1.29, 1.82) is 0 Å². The number of ketones is 5. The monoisotopic (exact) mass is 596 g/mol. The van der Waals surface area contributed by atoms with Crippen molar-refractivity contribution in [2.24, 2.45) is 0 Å². The molecule has 1 aliphatic heterocycles. The minimum Gasteiger partial charge on any atom is -0.460 e. The maximum absolute atomic E-state index is 13.3. The van der Waals surface area contributed by atoms with Crippen LogP contribution < -0.4 is 0 Å². The van der Waals surface area contributed by atoms with Crippen LogP contribution in [0.5, 0.6) is 0 Å². The molecule has 1 saturated heterocycles. The van der Waals surface area contributed by atoms with Gasteiger partial charge in [0.2, 0.25) is 17.5 Å². The molecule has 4 N–H and O–H groups in total. The van der Waals surface area contributed by atoms with Gasteiger partial charge in [-0.15, -0.1) is 0 Å². The molecule has 1 aliphatic rings. The van der Waals surface area contributed by atoms with E-state index in [0.29, 0.717) is 31.5 Å². The zero-order valence-electron chi connectivity index (χ0n) is 22.6. The third-order valence-corrected chi connectivity index (χ3v) is 7.22. The van der Waals surface area contributed by atoms with Crippen LogP contribution in [-0.2, 0) is 33.4 Å². The van der Waals surface area contributed by atoms with Gasteiger partial charge in [0.05, 0.1) is 0 Å². The predicted molar refractivity (Wildman–Crippen MR) is 136 cm³/mol. The number of aliphatic hydroxyl groups is 4. The van der Waals surface area contributed by atoms with Crippen LogP contribution in [0.3, 0.4) is 0 Å². The SMILES string of the molecule is CC(=O)C(O)[C@H]1O[C@@H](OC(=CC(=O)C(F)(F)F)c2ccc3ccccc3c2)[C@@](O)(C(C)=O)[C@](O)(C(C)=O)[C@]1(O)C(C)=O. The second-order valence-electron chi connectivity index (χ2n) is 9.91. The highest BCUT2D eigenvalue weighted by molar-refractivity contribution is 6.06. The molecule has 6 atom stereocenters. The molecule has 2 aromatic carbocycles. The van der Waals surface area contributed by atoms with E-state index in [1.54, 1.807) is 24.3 Å². The number of hydrogen-bond acceptors (Lipinski definition) is 11. The van der Waals surface area contributed by atoms with Gasteiger partial charge in [-0.05, 0) is 44.5 Å². The third-order valence-electron chi connectivity index (χ3n) is 7.22. The number of carbonyl (C=O) groups excluding carboxylic acids is 5. The zero-order valence-corrected chi connectivity index (χ0v) is 22.6. The summed E-state index contributed by atoms with van der Waals surface area (Å²) >= 11 is 0. The predicted octanol–water partition coefficient (Wildman–Crippen LogP) is 0.964. The van der Waals surface area contributed by atoms with Gasteiger partial charge in [0, 0.05) is 11.6 Å². The molecular weight excluding hydrogens is 569 g/mol. The summed E-state index contributed by atoms with van der Waals surface area (Å²) in [7, 11) is 0. The summed E-state index contributed by atoms with van der Waals surface area (Å²) in [5.74, 6) is -9.41. The average Bonchev–Trinajstić information content (AvgIpc) is 2.90. The molecular formula is C28H27F3O11. The van der Waals surface area contributed by atoms with E-state index in [2.05, 4.69) is 0 Å². The molecule has 226 valence electrons. The summed E-state index contributed by atoms with van der Waals surface area (Å²) in [6, 6.07) is 10.4. The quantitative estimate of drug-likeness (QED) is 0.239. The van der Waals surface area contributed by atoms with E-state index in [0.717, 1.165) is 6.92 Å². The number of rotatable bonds is 9. The van der Waals surface area contributed by atoms with E-state index in [-0.39, 0.29) is 11.6 Å². The third kappa shape index (κ3) is 5.05. The average molecular weight is 597 g/mol. The van der Waals surface area contributed by atoms with Crippen LogP contribution in [-0.4, -0.2) is 90.8 Å². The maximum atomic E-state index is 13.3. The van der Waals surface area contributed by atoms with Crippen molar-refractivity contribution < 1.29 is 67.0 Å². The molecule has 0 spiro atoms. The van der Waals surface area contributed by atoms with Crippen LogP contribution in [0.1, 0.15) is 33.3 Å². The van der Waals surface area contributed by atoms with Crippen molar-refractivity contribution in [3.8, 4) is 0 Å². The van der Waals surface area contributed by atoms with E-state index < -0.39 is 76.2 Å². The number of benzene rings is 2. The normalized spacial score (nSPS) is 29.1. The summed E-state index contributed by atoms with van der Waals surface area (Å²) < 4.78 is 50.7.